The summed E-state index contributed by atoms with van der Waals surface area (Å²) in [4.78, 5) is 4.75. The Labute approximate surface area is 240 Å². The first-order chi connectivity index (χ1) is 19.6. The number of hydrogen-bond acceptors (Lipinski definition) is 7. The monoisotopic (exact) mass is 604 g/mol. The molecule has 5 aromatic rings. The maximum Gasteiger partial charge on any atom is 0.265 e. The largest absolute Gasteiger partial charge is 0.493 e. The molecule has 10 heteroatoms. The molecule has 2 heterocycles. The highest BCUT2D eigenvalue weighted by atomic mass is 79.9. The number of anilines is 1. The lowest BCUT2D eigenvalue weighted by Crippen LogP contribution is -2.04. The van der Waals surface area contributed by atoms with Crippen LogP contribution in [0, 0.1) is 5.82 Å². The molecule has 0 aliphatic heterocycles. The summed E-state index contributed by atoms with van der Waals surface area (Å²) in [6.07, 6.45) is 6.27. The minimum atomic E-state index is -0.320. The molecule has 0 fully saturated rings. The Morgan fingerprint density at radius 3 is 2.70 bits per heavy atom. The number of aromatic nitrogens is 4. The second-order valence-electron chi connectivity index (χ2n) is 9.32. The third-order valence-electron chi connectivity index (χ3n) is 6.57. The Morgan fingerprint density at radius 1 is 1.05 bits per heavy atom. The van der Waals surface area contributed by atoms with Crippen molar-refractivity contribution in [2.45, 2.75) is 45.8 Å². The van der Waals surface area contributed by atoms with Gasteiger partial charge in [0.05, 0.1) is 23.3 Å². The van der Waals surface area contributed by atoms with E-state index in [4.69, 9.17) is 14.5 Å². The minimum Gasteiger partial charge on any atom is -0.493 e. The van der Waals surface area contributed by atoms with Crippen molar-refractivity contribution in [1.82, 2.24) is 19.7 Å². The fraction of sp³-hybridized carbons (Fsp3) is 0.267. The van der Waals surface area contributed by atoms with Gasteiger partial charge in [0.2, 0.25) is 0 Å². The van der Waals surface area contributed by atoms with Crippen molar-refractivity contribution in [3.63, 3.8) is 0 Å². The number of hydrazone groups is 1. The predicted molar refractivity (Wildman–Crippen MR) is 160 cm³/mol. The number of para-hydroxylation sites is 1. The molecule has 0 atom stereocenters. The highest BCUT2D eigenvalue weighted by molar-refractivity contribution is 9.10. The van der Waals surface area contributed by atoms with E-state index in [1.165, 1.54) is 25.3 Å². The molecule has 0 aliphatic rings. The number of unbranched alkanes of at least 4 members (excludes halogenated alkanes) is 3. The fourth-order valence-corrected chi connectivity index (χ4v) is 5.13. The highest BCUT2D eigenvalue weighted by Gasteiger charge is 2.15. The van der Waals surface area contributed by atoms with Crippen molar-refractivity contribution in [3.8, 4) is 11.5 Å². The summed E-state index contributed by atoms with van der Waals surface area (Å²) >= 11 is 3.53. The average Bonchev–Trinajstić information content (AvgIpc) is 3.28. The van der Waals surface area contributed by atoms with Crippen molar-refractivity contribution >= 4 is 50.2 Å². The number of rotatable bonds is 12. The Bertz CT molecular complexity index is 1650. The van der Waals surface area contributed by atoms with Crippen LogP contribution >= 0.6 is 15.9 Å². The van der Waals surface area contributed by atoms with E-state index in [-0.39, 0.29) is 12.4 Å². The van der Waals surface area contributed by atoms with Gasteiger partial charge in [-0.1, -0.05) is 62.6 Å². The van der Waals surface area contributed by atoms with Crippen molar-refractivity contribution < 1.29 is 13.9 Å². The number of benzene rings is 3. The number of nitrogens with one attached hydrogen (secondary N) is 1. The van der Waals surface area contributed by atoms with Crippen molar-refractivity contribution in [2.75, 3.05) is 12.5 Å². The molecular weight excluding hydrogens is 575 g/mol. The molecule has 8 nitrogen and oxygen atoms in total. The Balaban J connectivity index is 1.33. The van der Waals surface area contributed by atoms with E-state index in [0.29, 0.717) is 27.5 Å². The van der Waals surface area contributed by atoms with E-state index in [1.807, 2.05) is 18.2 Å². The molecule has 0 amide bonds. The minimum absolute atomic E-state index is 0.0682. The zero-order chi connectivity index (χ0) is 27.9. The van der Waals surface area contributed by atoms with Crippen LogP contribution in [0.5, 0.6) is 11.5 Å². The van der Waals surface area contributed by atoms with Crippen LogP contribution < -0.4 is 14.9 Å². The van der Waals surface area contributed by atoms with Gasteiger partial charge in [0.1, 0.15) is 17.9 Å². The van der Waals surface area contributed by atoms with E-state index in [0.717, 1.165) is 40.6 Å². The van der Waals surface area contributed by atoms with Gasteiger partial charge in [-0.3, -0.25) is 0 Å². The lowest BCUT2D eigenvalue weighted by Gasteiger charge is -2.14. The Kier molecular flexibility index (Phi) is 8.85. The van der Waals surface area contributed by atoms with E-state index in [9.17, 15) is 4.39 Å². The zero-order valence-electron chi connectivity index (χ0n) is 22.4. The van der Waals surface area contributed by atoms with Gasteiger partial charge in [-0.25, -0.2) is 9.82 Å². The number of nitrogens with zero attached hydrogens (tertiary/aromatic N) is 5. The molecule has 206 valence electrons. The van der Waals surface area contributed by atoms with Crippen molar-refractivity contribution in [1.29, 1.82) is 0 Å². The summed E-state index contributed by atoms with van der Waals surface area (Å²) < 4.78 is 28.3. The second-order valence-corrected chi connectivity index (χ2v) is 10.2. The molecule has 0 saturated carbocycles. The first kappa shape index (κ1) is 27.5. The maximum absolute atomic E-state index is 14.0. The van der Waals surface area contributed by atoms with Gasteiger partial charge < -0.3 is 14.0 Å². The normalized spacial score (nSPS) is 11.5. The lowest BCUT2D eigenvalue weighted by atomic mass is 10.2. The summed E-state index contributed by atoms with van der Waals surface area (Å²) in [6, 6.07) is 18.3. The Morgan fingerprint density at radius 2 is 1.88 bits per heavy atom. The second kappa shape index (κ2) is 12.9. The van der Waals surface area contributed by atoms with Gasteiger partial charge in [-0.15, -0.1) is 10.2 Å². The molecule has 0 unspecified atom stereocenters. The van der Waals surface area contributed by atoms with Crippen LogP contribution in [-0.2, 0) is 13.2 Å². The number of ether oxygens (including phenoxy) is 2. The van der Waals surface area contributed by atoms with Gasteiger partial charge in [-0.2, -0.15) is 10.1 Å². The lowest BCUT2D eigenvalue weighted by molar-refractivity contribution is 0.278. The average molecular weight is 606 g/mol. The molecule has 1 N–H and O–H groups in total. The molecule has 0 bridgehead atoms. The van der Waals surface area contributed by atoms with Crippen LogP contribution in [0.25, 0.3) is 22.1 Å². The van der Waals surface area contributed by atoms with Gasteiger partial charge in [0.15, 0.2) is 17.1 Å². The number of hydrogen-bond donors (Lipinski definition) is 1. The van der Waals surface area contributed by atoms with Crippen LogP contribution in [0.1, 0.15) is 43.7 Å². The summed E-state index contributed by atoms with van der Waals surface area (Å²) in [7, 11) is 1.55. The van der Waals surface area contributed by atoms with Crippen LogP contribution in [0.2, 0.25) is 0 Å². The van der Waals surface area contributed by atoms with Gasteiger partial charge >= 0.3 is 0 Å². The smallest absolute Gasteiger partial charge is 0.265 e. The van der Waals surface area contributed by atoms with E-state index < -0.39 is 0 Å². The van der Waals surface area contributed by atoms with Crippen LogP contribution in [0.4, 0.5) is 10.3 Å². The van der Waals surface area contributed by atoms with Gasteiger partial charge in [0, 0.05) is 17.5 Å². The molecule has 40 heavy (non-hydrogen) atoms. The van der Waals surface area contributed by atoms with Crippen LogP contribution in [-0.4, -0.2) is 33.1 Å². The number of halogens is 2. The topological polar surface area (TPSA) is 86.5 Å². The van der Waals surface area contributed by atoms with Crippen LogP contribution in [0.15, 0.2) is 70.2 Å². The third-order valence-corrected chi connectivity index (χ3v) is 7.16. The molecular formula is C30H30BrFN6O2. The predicted octanol–water partition coefficient (Wildman–Crippen LogP) is 7.50. The Hall–Kier alpha value is -4.05. The molecule has 0 spiro atoms. The molecule has 2 aromatic heterocycles. The molecule has 0 radical (unpaired) electrons. The standard InChI is InChI=1S/C30H30BrFN6O2/c1-3-4-5-10-15-38-25-14-9-7-12-22(25)27-29(38)34-30(37-35-27)36-33-18-20-16-23(31)28(26(17-20)39-2)40-19-21-11-6-8-13-24(21)32/h6-9,11-14,16-18H,3-5,10,15,19H2,1-2H3,(H,34,36,37)/b33-18+. The first-order valence-corrected chi connectivity index (χ1v) is 14.0. The van der Waals surface area contributed by atoms with Gasteiger partial charge in [-0.05, 0) is 52.2 Å². The SMILES string of the molecule is CCCCCCn1c2ccccc2c2nnc(N/N=C/c3cc(Br)c(OCc4ccccc4F)c(OC)c3)nc21. The summed E-state index contributed by atoms with van der Waals surface area (Å²) in [5, 5.41) is 14.1. The van der Waals surface area contributed by atoms with E-state index in [2.05, 4.69) is 60.3 Å². The highest BCUT2D eigenvalue weighted by Crippen LogP contribution is 2.37. The fourth-order valence-electron chi connectivity index (χ4n) is 4.56. The van der Waals surface area contributed by atoms with Crippen molar-refractivity contribution in [2.24, 2.45) is 5.10 Å². The van der Waals surface area contributed by atoms with E-state index >= 15 is 0 Å². The number of methoxy groups -OCH3 is 1. The zero-order valence-corrected chi connectivity index (χ0v) is 24.0. The third kappa shape index (κ3) is 6.07. The number of fused-ring (bicyclic) bond motifs is 3. The summed E-state index contributed by atoms with van der Waals surface area (Å²) in [5.74, 6) is 0.941. The molecule has 3 aromatic carbocycles. The molecule has 5 rings (SSSR count). The van der Waals surface area contributed by atoms with Crippen molar-refractivity contribution in [3.05, 3.63) is 82.1 Å². The maximum atomic E-state index is 14.0. The summed E-state index contributed by atoms with van der Waals surface area (Å²) in [6.45, 7) is 3.14. The molecule has 0 aliphatic carbocycles. The summed E-state index contributed by atoms with van der Waals surface area (Å²) in [5.41, 5.74) is 6.76. The first-order valence-electron chi connectivity index (χ1n) is 13.2. The van der Waals surface area contributed by atoms with E-state index in [1.54, 1.807) is 37.6 Å². The molecule has 0 saturated heterocycles. The van der Waals surface area contributed by atoms with Gasteiger partial charge in [0.25, 0.3) is 5.95 Å². The number of aryl methyl sites for hydroxylation is 1. The van der Waals surface area contributed by atoms with Crippen LogP contribution in [0.3, 0.4) is 0 Å². The quantitative estimate of drug-likeness (QED) is 0.0901.